The molecule has 3 amide bonds. The Morgan fingerprint density at radius 2 is 1.85 bits per heavy atom. The SMILES string of the molecule is Cl.O=C(NCC1CCCO1)Nc1ccc(NC(=O)C2COCCN2)cc1. The van der Waals surface area contributed by atoms with Gasteiger partial charge in [0.2, 0.25) is 5.91 Å². The van der Waals surface area contributed by atoms with E-state index in [0.717, 1.165) is 19.4 Å². The van der Waals surface area contributed by atoms with Crippen LogP contribution in [0.3, 0.4) is 0 Å². The van der Waals surface area contributed by atoms with Crippen LogP contribution < -0.4 is 21.3 Å². The summed E-state index contributed by atoms with van der Waals surface area (Å²) in [6.45, 7) is 2.94. The molecule has 2 atom stereocenters. The van der Waals surface area contributed by atoms with Gasteiger partial charge in [-0.15, -0.1) is 12.4 Å². The van der Waals surface area contributed by atoms with Gasteiger partial charge in [-0.2, -0.15) is 0 Å². The summed E-state index contributed by atoms with van der Waals surface area (Å²) >= 11 is 0. The summed E-state index contributed by atoms with van der Waals surface area (Å²) < 4.78 is 10.7. The van der Waals surface area contributed by atoms with E-state index in [1.807, 2.05) is 0 Å². The number of benzene rings is 1. The van der Waals surface area contributed by atoms with Gasteiger partial charge < -0.3 is 30.7 Å². The lowest BCUT2D eigenvalue weighted by atomic mass is 10.2. The predicted octanol–water partition coefficient (Wildman–Crippen LogP) is 1.34. The lowest BCUT2D eigenvalue weighted by Gasteiger charge is -2.22. The van der Waals surface area contributed by atoms with Gasteiger partial charge in [-0.3, -0.25) is 4.79 Å². The molecule has 1 aromatic carbocycles. The van der Waals surface area contributed by atoms with Gasteiger partial charge >= 0.3 is 6.03 Å². The number of ether oxygens (including phenoxy) is 2. The van der Waals surface area contributed by atoms with Crippen molar-refractivity contribution in [3.8, 4) is 0 Å². The molecule has 0 radical (unpaired) electrons. The summed E-state index contributed by atoms with van der Waals surface area (Å²) in [5.41, 5.74) is 1.32. The number of rotatable bonds is 5. The highest BCUT2D eigenvalue weighted by Gasteiger charge is 2.21. The van der Waals surface area contributed by atoms with E-state index in [4.69, 9.17) is 9.47 Å². The molecule has 0 aliphatic carbocycles. The Balaban J connectivity index is 0.00000243. The normalized spacial score (nSPS) is 22.2. The van der Waals surface area contributed by atoms with E-state index in [-0.39, 0.29) is 36.5 Å². The van der Waals surface area contributed by atoms with Gasteiger partial charge in [-0.1, -0.05) is 0 Å². The average Bonchev–Trinajstić information content (AvgIpc) is 3.16. The fourth-order valence-electron chi connectivity index (χ4n) is 2.79. The molecule has 2 aliphatic rings. The van der Waals surface area contributed by atoms with E-state index < -0.39 is 0 Å². The number of morpholine rings is 1. The zero-order valence-electron chi connectivity index (χ0n) is 14.5. The van der Waals surface area contributed by atoms with Crippen LogP contribution in [-0.4, -0.2) is 57.0 Å². The van der Waals surface area contributed by atoms with Crippen LogP contribution in [0.4, 0.5) is 16.2 Å². The molecule has 2 heterocycles. The van der Waals surface area contributed by atoms with E-state index in [1.54, 1.807) is 24.3 Å². The predicted molar refractivity (Wildman–Crippen MR) is 101 cm³/mol. The first-order valence-corrected chi connectivity index (χ1v) is 8.59. The third-order valence-corrected chi connectivity index (χ3v) is 4.16. The van der Waals surface area contributed by atoms with Crippen LogP contribution in [0, 0.1) is 0 Å². The highest BCUT2D eigenvalue weighted by Crippen LogP contribution is 2.14. The number of urea groups is 1. The Morgan fingerprint density at radius 1 is 1.12 bits per heavy atom. The summed E-state index contributed by atoms with van der Waals surface area (Å²) in [5, 5.41) is 11.5. The molecule has 2 fully saturated rings. The summed E-state index contributed by atoms with van der Waals surface area (Å²) in [6.07, 6.45) is 2.14. The summed E-state index contributed by atoms with van der Waals surface area (Å²) in [6, 6.07) is 6.37. The number of hydrogen-bond donors (Lipinski definition) is 4. The van der Waals surface area contributed by atoms with Gasteiger partial charge in [0.05, 0.1) is 19.3 Å². The van der Waals surface area contributed by atoms with Crippen molar-refractivity contribution in [2.45, 2.75) is 25.0 Å². The molecule has 1 aromatic rings. The fraction of sp³-hybridized carbons (Fsp3) is 0.529. The molecule has 0 bridgehead atoms. The van der Waals surface area contributed by atoms with Crippen LogP contribution in [0.25, 0.3) is 0 Å². The minimum atomic E-state index is -0.338. The van der Waals surface area contributed by atoms with Gasteiger partial charge in [0, 0.05) is 31.1 Å². The highest BCUT2D eigenvalue weighted by atomic mass is 35.5. The molecule has 4 N–H and O–H groups in total. The Labute approximate surface area is 158 Å². The zero-order valence-corrected chi connectivity index (χ0v) is 15.3. The lowest BCUT2D eigenvalue weighted by Crippen LogP contribution is -2.48. The maximum absolute atomic E-state index is 12.1. The number of halogens is 1. The van der Waals surface area contributed by atoms with Crippen LogP contribution in [0.1, 0.15) is 12.8 Å². The largest absolute Gasteiger partial charge is 0.378 e. The third-order valence-electron chi connectivity index (χ3n) is 4.16. The van der Waals surface area contributed by atoms with E-state index in [1.165, 1.54) is 0 Å². The zero-order chi connectivity index (χ0) is 17.5. The second kappa shape index (κ2) is 10.3. The average molecular weight is 385 g/mol. The molecule has 3 rings (SSSR count). The van der Waals surface area contributed by atoms with Crippen LogP contribution in [-0.2, 0) is 14.3 Å². The van der Waals surface area contributed by atoms with Crippen LogP contribution in [0.5, 0.6) is 0 Å². The molecule has 144 valence electrons. The van der Waals surface area contributed by atoms with Gasteiger partial charge in [-0.25, -0.2) is 4.79 Å². The lowest BCUT2D eigenvalue weighted by molar-refractivity contribution is -0.120. The summed E-state index contributed by atoms with van der Waals surface area (Å²) in [5.74, 6) is -0.130. The molecule has 2 unspecified atom stereocenters. The molecule has 0 saturated carbocycles. The second-order valence-corrected chi connectivity index (χ2v) is 6.12. The van der Waals surface area contributed by atoms with Crippen molar-refractivity contribution in [3.05, 3.63) is 24.3 Å². The Hall–Kier alpha value is -1.87. The highest BCUT2D eigenvalue weighted by molar-refractivity contribution is 5.95. The van der Waals surface area contributed by atoms with Crippen molar-refractivity contribution in [1.82, 2.24) is 10.6 Å². The van der Waals surface area contributed by atoms with E-state index >= 15 is 0 Å². The number of carbonyl (C=O) groups excluding carboxylic acids is 2. The van der Waals surface area contributed by atoms with Gasteiger partial charge in [0.15, 0.2) is 0 Å². The van der Waals surface area contributed by atoms with Crippen molar-refractivity contribution < 1.29 is 19.1 Å². The molecule has 0 spiro atoms. The monoisotopic (exact) mass is 384 g/mol. The maximum Gasteiger partial charge on any atom is 0.319 e. The maximum atomic E-state index is 12.1. The molecule has 26 heavy (non-hydrogen) atoms. The minimum absolute atomic E-state index is 0. The Kier molecular flexibility index (Phi) is 8.11. The van der Waals surface area contributed by atoms with Crippen molar-refractivity contribution in [1.29, 1.82) is 0 Å². The van der Waals surface area contributed by atoms with Gasteiger partial charge in [0.25, 0.3) is 0 Å². The van der Waals surface area contributed by atoms with Crippen LogP contribution in [0.15, 0.2) is 24.3 Å². The smallest absolute Gasteiger partial charge is 0.319 e. The van der Waals surface area contributed by atoms with E-state index in [9.17, 15) is 9.59 Å². The second-order valence-electron chi connectivity index (χ2n) is 6.12. The molecule has 2 saturated heterocycles. The van der Waals surface area contributed by atoms with Crippen molar-refractivity contribution in [3.63, 3.8) is 0 Å². The number of hydrogen-bond acceptors (Lipinski definition) is 5. The Morgan fingerprint density at radius 3 is 2.46 bits per heavy atom. The fourth-order valence-corrected chi connectivity index (χ4v) is 2.79. The topological polar surface area (TPSA) is 101 Å². The van der Waals surface area contributed by atoms with Crippen LogP contribution in [0.2, 0.25) is 0 Å². The van der Waals surface area contributed by atoms with Gasteiger partial charge in [0.1, 0.15) is 6.04 Å². The summed E-state index contributed by atoms with van der Waals surface area (Å²) in [4.78, 5) is 24.0. The third kappa shape index (κ3) is 6.14. The van der Waals surface area contributed by atoms with Crippen molar-refractivity contribution in [2.75, 3.05) is 43.5 Å². The quantitative estimate of drug-likeness (QED) is 0.613. The molecule has 9 heteroatoms. The van der Waals surface area contributed by atoms with E-state index in [2.05, 4.69) is 21.3 Å². The number of carbonyl (C=O) groups is 2. The molecular formula is C17H25ClN4O4. The Bertz CT molecular complexity index is 587. The first kappa shape index (κ1) is 20.4. The first-order chi connectivity index (χ1) is 12.2. The van der Waals surface area contributed by atoms with E-state index in [0.29, 0.717) is 37.7 Å². The van der Waals surface area contributed by atoms with Crippen molar-refractivity contribution >= 4 is 35.7 Å². The number of amides is 3. The standard InChI is InChI=1S/C17H24N4O4.ClH/c22-16(15-11-24-9-7-18-15)20-12-3-5-13(6-4-12)21-17(23)19-10-14-2-1-8-25-14;/h3-6,14-15,18H,1-2,7-11H2,(H,20,22)(H2,19,21,23);1H. The van der Waals surface area contributed by atoms with Gasteiger partial charge in [-0.05, 0) is 37.1 Å². The molecule has 2 aliphatic heterocycles. The first-order valence-electron chi connectivity index (χ1n) is 8.59. The van der Waals surface area contributed by atoms with Crippen molar-refractivity contribution in [2.24, 2.45) is 0 Å². The number of anilines is 2. The minimum Gasteiger partial charge on any atom is -0.378 e. The number of nitrogens with one attached hydrogen (secondary N) is 4. The molecule has 0 aromatic heterocycles. The molecule has 8 nitrogen and oxygen atoms in total. The summed E-state index contributed by atoms with van der Waals surface area (Å²) in [7, 11) is 0. The van der Waals surface area contributed by atoms with Crippen LogP contribution >= 0.6 is 12.4 Å². The molecular weight excluding hydrogens is 360 g/mol.